The first-order chi connectivity index (χ1) is 10.1. The minimum Gasteiger partial charge on any atom is -0.389 e. The number of nitrogens with zero attached hydrogens (tertiary/aromatic N) is 2. The highest BCUT2D eigenvalue weighted by atomic mass is 16.3. The minimum atomic E-state index is -0.549. The van der Waals surface area contributed by atoms with Gasteiger partial charge in [-0.1, -0.05) is 36.4 Å². The van der Waals surface area contributed by atoms with Gasteiger partial charge in [-0.2, -0.15) is 5.26 Å². The predicted molar refractivity (Wildman–Crippen MR) is 85.2 cm³/mol. The van der Waals surface area contributed by atoms with Crippen molar-refractivity contribution in [2.24, 2.45) is 0 Å². The van der Waals surface area contributed by atoms with Gasteiger partial charge in [-0.15, -0.1) is 0 Å². The summed E-state index contributed by atoms with van der Waals surface area (Å²) in [6, 6.07) is 17.9. The lowest BCUT2D eigenvalue weighted by Gasteiger charge is -2.24. The largest absolute Gasteiger partial charge is 0.389 e. The van der Waals surface area contributed by atoms with Crippen LogP contribution in [0.1, 0.15) is 29.7 Å². The molecule has 0 saturated heterocycles. The summed E-state index contributed by atoms with van der Waals surface area (Å²) in [4.78, 5) is 2.09. The summed E-state index contributed by atoms with van der Waals surface area (Å²) in [7, 11) is 1.99. The summed E-state index contributed by atoms with van der Waals surface area (Å²) in [5.74, 6) is 0. The summed E-state index contributed by atoms with van der Waals surface area (Å²) < 4.78 is 0. The molecular formula is C18H20N2O. The van der Waals surface area contributed by atoms with E-state index in [1.807, 2.05) is 37.4 Å². The summed E-state index contributed by atoms with van der Waals surface area (Å²) in [5.41, 5.74) is 3.66. The lowest BCUT2D eigenvalue weighted by molar-refractivity contribution is 0.199. The molecule has 3 nitrogen and oxygen atoms in total. The molecule has 21 heavy (non-hydrogen) atoms. The maximum atomic E-state index is 9.89. The summed E-state index contributed by atoms with van der Waals surface area (Å²) in [6.45, 7) is 2.58. The first-order valence-electron chi connectivity index (χ1n) is 7.09. The van der Waals surface area contributed by atoms with Crippen molar-refractivity contribution in [1.82, 2.24) is 0 Å². The number of benzene rings is 2. The van der Waals surface area contributed by atoms with Gasteiger partial charge in [-0.3, -0.25) is 0 Å². The van der Waals surface area contributed by atoms with Crippen molar-refractivity contribution in [3.05, 3.63) is 65.2 Å². The van der Waals surface area contributed by atoms with Crippen LogP contribution in [0.5, 0.6) is 0 Å². The van der Waals surface area contributed by atoms with E-state index in [1.54, 1.807) is 13.0 Å². The highest BCUT2D eigenvalue weighted by Gasteiger charge is 2.12. The summed E-state index contributed by atoms with van der Waals surface area (Å²) in [6.07, 6.45) is 0.375. The Morgan fingerprint density at radius 1 is 1.19 bits per heavy atom. The van der Waals surface area contributed by atoms with Crippen LogP contribution in [-0.4, -0.2) is 18.7 Å². The van der Waals surface area contributed by atoms with E-state index >= 15 is 0 Å². The number of aliphatic hydroxyl groups excluding tert-OH is 1. The molecule has 0 radical (unpaired) electrons. The van der Waals surface area contributed by atoms with E-state index in [1.165, 1.54) is 5.56 Å². The number of anilines is 1. The first-order valence-corrected chi connectivity index (χ1v) is 7.09. The van der Waals surface area contributed by atoms with Crippen LogP contribution >= 0.6 is 0 Å². The van der Waals surface area contributed by atoms with Gasteiger partial charge in [0.05, 0.1) is 17.7 Å². The van der Waals surface area contributed by atoms with Crippen molar-refractivity contribution in [2.75, 3.05) is 18.5 Å². The van der Waals surface area contributed by atoms with Crippen molar-refractivity contribution in [3.63, 3.8) is 0 Å². The molecule has 0 heterocycles. The van der Waals surface area contributed by atoms with Gasteiger partial charge in [-0.05, 0) is 31.0 Å². The third kappa shape index (κ3) is 3.84. The van der Waals surface area contributed by atoms with Crippen LogP contribution in [0.2, 0.25) is 0 Å². The van der Waals surface area contributed by atoms with E-state index in [-0.39, 0.29) is 0 Å². The van der Waals surface area contributed by atoms with E-state index in [4.69, 9.17) is 5.26 Å². The zero-order valence-electron chi connectivity index (χ0n) is 12.5. The molecule has 0 aliphatic rings. The molecule has 3 heteroatoms. The van der Waals surface area contributed by atoms with Crippen molar-refractivity contribution < 1.29 is 5.11 Å². The molecule has 0 fully saturated rings. The molecular weight excluding hydrogens is 260 g/mol. The number of hydrogen-bond acceptors (Lipinski definition) is 3. The molecule has 0 spiro atoms. The lowest BCUT2D eigenvalue weighted by Crippen LogP contribution is -2.22. The molecule has 0 aromatic heterocycles. The number of hydrogen-bond donors (Lipinski definition) is 1. The third-order valence-corrected chi connectivity index (χ3v) is 3.60. The molecule has 0 unspecified atom stereocenters. The highest BCUT2D eigenvalue weighted by Crippen LogP contribution is 2.27. The van der Waals surface area contributed by atoms with Crippen LogP contribution in [0.25, 0.3) is 0 Å². The van der Waals surface area contributed by atoms with Crippen LogP contribution < -0.4 is 4.90 Å². The van der Waals surface area contributed by atoms with Gasteiger partial charge < -0.3 is 10.0 Å². The topological polar surface area (TPSA) is 47.3 Å². The lowest BCUT2D eigenvalue weighted by atomic mass is 10.0. The van der Waals surface area contributed by atoms with Gasteiger partial charge in [0, 0.05) is 24.8 Å². The quantitative estimate of drug-likeness (QED) is 0.914. The van der Waals surface area contributed by atoms with Crippen molar-refractivity contribution >= 4 is 5.69 Å². The van der Waals surface area contributed by atoms with Crippen molar-refractivity contribution in [3.8, 4) is 6.07 Å². The van der Waals surface area contributed by atoms with Gasteiger partial charge in [0.2, 0.25) is 0 Å². The fourth-order valence-electron chi connectivity index (χ4n) is 2.36. The second-order valence-electron chi connectivity index (χ2n) is 5.22. The smallest absolute Gasteiger partial charge is 0.0992 e. The van der Waals surface area contributed by atoms with E-state index in [9.17, 15) is 5.11 Å². The molecule has 2 aromatic carbocycles. The van der Waals surface area contributed by atoms with Gasteiger partial charge in [0.1, 0.15) is 0 Å². The molecule has 108 valence electrons. The Balaban J connectivity index is 2.17. The van der Waals surface area contributed by atoms with Crippen molar-refractivity contribution in [1.29, 1.82) is 5.26 Å². The number of aliphatic hydroxyl groups is 1. The summed E-state index contributed by atoms with van der Waals surface area (Å²) >= 11 is 0. The zero-order chi connectivity index (χ0) is 15.2. The third-order valence-electron chi connectivity index (χ3n) is 3.60. The van der Waals surface area contributed by atoms with Gasteiger partial charge >= 0.3 is 0 Å². The minimum absolute atomic E-state index is 0.549. The Kier molecular flexibility index (Phi) is 4.97. The molecule has 0 saturated carbocycles. The number of likely N-dealkylation sites (N-methyl/N-ethyl adjacent to an activating group) is 1. The second-order valence-corrected chi connectivity index (χ2v) is 5.22. The Morgan fingerprint density at radius 3 is 2.52 bits per heavy atom. The molecule has 2 aromatic rings. The van der Waals surface area contributed by atoms with E-state index in [2.05, 4.69) is 23.1 Å². The second kappa shape index (κ2) is 6.92. The van der Waals surface area contributed by atoms with Crippen LogP contribution in [0, 0.1) is 11.3 Å². The number of rotatable bonds is 5. The van der Waals surface area contributed by atoms with Crippen LogP contribution in [0.3, 0.4) is 0 Å². The molecule has 0 aliphatic heterocycles. The fourth-order valence-corrected chi connectivity index (χ4v) is 2.36. The molecule has 1 N–H and O–H groups in total. The van der Waals surface area contributed by atoms with Crippen molar-refractivity contribution in [2.45, 2.75) is 19.4 Å². The van der Waals surface area contributed by atoms with Gasteiger partial charge in [0.25, 0.3) is 0 Å². The molecule has 0 amide bonds. The Bertz CT molecular complexity index is 629. The monoisotopic (exact) mass is 280 g/mol. The molecule has 1 atom stereocenters. The molecule has 0 aliphatic carbocycles. The Hall–Kier alpha value is -2.31. The molecule has 0 bridgehead atoms. The van der Waals surface area contributed by atoms with Crippen LogP contribution in [-0.2, 0) is 6.42 Å². The molecule has 2 rings (SSSR count). The highest BCUT2D eigenvalue weighted by molar-refractivity contribution is 5.58. The maximum absolute atomic E-state index is 9.89. The average molecular weight is 280 g/mol. The predicted octanol–water partition coefficient (Wildman–Crippen LogP) is 3.29. The van der Waals surface area contributed by atoms with Gasteiger partial charge in [-0.25, -0.2) is 0 Å². The van der Waals surface area contributed by atoms with Crippen LogP contribution in [0.4, 0.5) is 5.69 Å². The maximum Gasteiger partial charge on any atom is 0.0992 e. The number of nitriles is 1. The fraction of sp³-hybridized carbons (Fsp3) is 0.278. The Morgan fingerprint density at radius 2 is 1.90 bits per heavy atom. The SMILES string of the molecule is C[C@H](O)c1ccc(C#N)cc1N(C)CCc1ccccc1. The zero-order valence-corrected chi connectivity index (χ0v) is 12.5. The van der Waals surface area contributed by atoms with E-state index in [0.29, 0.717) is 5.56 Å². The summed E-state index contributed by atoms with van der Waals surface area (Å²) in [5, 5.41) is 18.9. The van der Waals surface area contributed by atoms with Gasteiger partial charge in [0.15, 0.2) is 0 Å². The van der Waals surface area contributed by atoms with Crippen LogP contribution in [0.15, 0.2) is 48.5 Å². The normalized spacial score (nSPS) is 11.7. The van der Waals surface area contributed by atoms with E-state index < -0.39 is 6.10 Å². The standard InChI is InChI=1S/C18H20N2O/c1-14(21)17-9-8-16(13-19)12-18(17)20(2)11-10-15-6-4-3-5-7-15/h3-9,12,14,21H,10-11H2,1-2H3/t14-/m0/s1. The Labute approximate surface area is 126 Å². The first kappa shape index (κ1) is 15.1. The van der Waals surface area contributed by atoms with E-state index in [0.717, 1.165) is 24.2 Å². The average Bonchev–Trinajstić information content (AvgIpc) is 2.52.